The molecule has 0 saturated carbocycles. The molecule has 0 spiro atoms. The maximum absolute atomic E-state index is 9.48. The number of hydrogen-bond donors (Lipinski definition) is 1. The lowest BCUT2D eigenvalue weighted by Gasteiger charge is -2.20. The molecule has 0 heterocycles. The molecular weight excluding hydrogens is 234 g/mol. The summed E-state index contributed by atoms with van der Waals surface area (Å²) in [6.07, 6.45) is 2.13. The number of hydrogen-bond acceptors (Lipinski definition) is 2. The van der Waals surface area contributed by atoms with Crippen LogP contribution in [0.25, 0.3) is 5.57 Å². The normalized spacial score (nSPS) is 13.4. The third-order valence-electron chi connectivity index (χ3n) is 2.66. The van der Waals surface area contributed by atoms with E-state index in [2.05, 4.69) is 32.0 Å². The van der Waals surface area contributed by atoms with Gasteiger partial charge in [-0.25, -0.2) is 0 Å². The van der Waals surface area contributed by atoms with Gasteiger partial charge in [0.1, 0.15) is 5.75 Å². The number of benzene rings is 1. The summed E-state index contributed by atoms with van der Waals surface area (Å²) in [6.45, 7) is 5.26. The molecule has 0 aromatic heterocycles. The van der Waals surface area contributed by atoms with Crippen molar-refractivity contribution in [3.8, 4) is 5.75 Å². The van der Waals surface area contributed by atoms with Crippen LogP contribution in [0.1, 0.15) is 19.4 Å². The monoisotopic (exact) mass is 255 g/mol. The quantitative estimate of drug-likeness (QED) is 0.891. The molecule has 1 N–H and O–H groups in total. The van der Waals surface area contributed by atoms with Crippen LogP contribution in [0.3, 0.4) is 0 Å². The second-order valence-electron chi connectivity index (χ2n) is 4.46. The van der Waals surface area contributed by atoms with Gasteiger partial charge < -0.3 is 10.0 Å². The summed E-state index contributed by atoms with van der Waals surface area (Å²) in [5, 5.41) is 9.48. The first-order chi connectivity index (χ1) is 7.54. The SMILES string of the molecule is CC=C(c1cccc(O)c1)[C@@H](C)CN(C)C.Cl. The fraction of sp³-hybridized carbons (Fsp3) is 0.429. The summed E-state index contributed by atoms with van der Waals surface area (Å²) >= 11 is 0. The molecule has 1 aromatic carbocycles. The van der Waals surface area contributed by atoms with E-state index in [4.69, 9.17) is 0 Å². The number of halogens is 1. The van der Waals surface area contributed by atoms with Gasteiger partial charge in [0.25, 0.3) is 0 Å². The molecule has 1 rings (SSSR count). The number of phenols is 1. The fourth-order valence-electron chi connectivity index (χ4n) is 2.07. The zero-order chi connectivity index (χ0) is 12.1. The summed E-state index contributed by atoms with van der Waals surface area (Å²) < 4.78 is 0. The lowest BCUT2D eigenvalue weighted by Crippen LogP contribution is -2.20. The van der Waals surface area contributed by atoms with Gasteiger partial charge in [0, 0.05) is 6.54 Å². The van der Waals surface area contributed by atoms with Gasteiger partial charge in [-0.3, -0.25) is 0 Å². The van der Waals surface area contributed by atoms with Crippen molar-refractivity contribution in [3.63, 3.8) is 0 Å². The maximum atomic E-state index is 9.48. The highest BCUT2D eigenvalue weighted by Gasteiger charge is 2.11. The molecule has 0 saturated heterocycles. The molecule has 0 radical (unpaired) electrons. The average Bonchev–Trinajstić information content (AvgIpc) is 2.17. The lowest BCUT2D eigenvalue weighted by atomic mass is 9.93. The zero-order valence-corrected chi connectivity index (χ0v) is 11.8. The number of rotatable bonds is 4. The number of nitrogens with zero attached hydrogens (tertiary/aromatic N) is 1. The molecule has 96 valence electrons. The molecular formula is C14H22ClNO. The maximum Gasteiger partial charge on any atom is 0.116 e. The van der Waals surface area contributed by atoms with Crippen LogP contribution in [-0.2, 0) is 0 Å². The number of aromatic hydroxyl groups is 1. The van der Waals surface area contributed by atoms with E-state index >= 15 is 0 Å². The van der Waals surface area contributed by atoms with Crippen LogP contribution in [0, 0.1) is 5.92 Å². The third-order valence-corrected chi connectivity index (χ3v) is 2.66. The molecule has 2 nitrogen and oxygen atoms in total. The second-order valence-corrected chi connectivity index (χ2v) is 4.46. The minimum Gasteiger partial charge on any atom is -0.508 e. The molecule has 3 heteroatoms. The highest BCUT2D eigenvalue weighted by atomic mass is 35.5. The summed E-state index contributed by atoms with van der Waals surface area (Å²) in [4.78, 5) is 2.18. The first kappa shape index (κ1) is 16.0. The van der Waals surface area contributed by atoms with E-state index in [1.165, 1.54) is 5.57 Å². The summed E-state index contributed by atoms with van der Waals surface area (Å²) in [6, 6.07) is 7.45. The standard InChI is InChI=1S/C14H21NO.ClH/c1-5-14(11(2)10-15(3)4)12-7-6-8-13(16)9-12;/h5-9,11,16H,10H2,1-4H3;1H/t11-;/m0./s1. The minimum absolute atomic E-state index is 0. The zero-order valence-electron chi connectivity index (χ0n) is 11.0. The van der Waals surface area contributed by atoms with Crippen molar-refractivity contribution >= 4 is 18.0 Å². The van der Waals surface area contributed by atoms with Gasteiger partial charge in [-0.15, -0.1) is 12.4 Å². The van der Waals surface area contributed by atoms with E-state index in [9.17, 15) is 5.11 Å². The Balaban J connectivity index is 0.00000256. The first-order valence-corrected chi connectivity index (χ1v) is 5.65. The highest BCUT2D eigenvalue weighted by Crippen LogP contribution is 2.26. The van der Waals surface area contributed by atoms with E-state index in [0.29, 0.717) is 11.7 Å². The number of allylic oxidation sites excluding steroid dienone is 1. The van der Waals surface area contributed by atoms with Crippen molar-refractivity contribution in [2.45, 2.75) is 13.8 Å². The lowest BCUT2D eigenvalue weighted by molar-refractivity contribution is 0.376. The molecule has 0 aliphatic rings. The Kier molecular flexibility index (Phi) is 6.93. The molecule has 0 aliphatic carbocycles. The van der Waals surface area contributed by atoms with Crippen molar-refractivity contribution in [2.75, 3.05) is 20.6 Å². The molecule has 1 aromatic rings. The Morgan fingerprint density at radius 2 is 2.06 bits per heavy atom. The van der Waals surface area contributed by atoms with Crippen LogP contribution in [0.4, 0.5) is 0 Å². The highest BCUT2D eigenvalue weighted by molar-refractivity contribution is 5.85. The molecule has 0 unspecified atom stereocenters. The van der Waals surface area contributed by atoms with E-state index < -0.39 is 0 Å². The molecule has 0 aliphatic heterocycles. The third kappa shape index (κ3) is 4.80. The van der Waals surface area contributed by atoms with Crippen molar-refractivity contribution in [2.24, 2.45) is 5.92 Å². The van der Waals surface area contributed by atoms with Crippen molar-refractivity contribution in [1.29, 1.82) is 0 Å². The Bertz CT molecular complexity index is 374. The van der Waals surface area contributed by atoms with Crippen LogP contribution < -0.4 is 0 Å². The average molecular weight is 256 g/mol. The summed E-state index contributed by atoms with van der Waals surface area (Å²) in [5.41, 5.74) is 2.39. The van der Waals surface area contributed by atoms with Gasteiger partial charge in [0.2, 0.25) is 0 Å². The summed E-state index contributed by atoms with van der Waals surface area (Å²) in [7, 11) is 4.15. The molecule has 0 bridgehead atoms. The van der Waals surface area contributed by atoms with E-state index in [0.717, 1.165) is 12.1 Å². The van der Waals surface area contributed by atoms with E-state index in [1.54, 1.807) is 6.07 Å². The van der Waals surface area contributed by atoms with Crippen molar-refractivity contribution in [1.82, 2.24) is 4.90 Å². The van der Waals surface area contributed by atoms with Crippen molar-refractivity contribution < 1.29 is 5.11 Å². The molecule has 17 heavy (non-hydrogen) atoms. The predicted octanol–water partition coefficient (Wildman–Crippen LogP) is 3.42. The first-order valence-electron chi connectivity index (χ1n) is 5.65. The van der Waals surface area contributed by atoms with Gasteiger partial charge in [-0.2, -0.15) is 0 Å². The van der Waals surface area contributed by atoms with Gasteiger partial charge in [-0.1, -0.05) is 25.1 Å². The van der Waals surface area contributed by atoms with Crippen LogP contribution in [0.5, 0.6) is 5.75 Å². The van der Waals surface area contributed by atoms with Crippen molar-refractivity contribution in [3.05, 3.63) is 35.9 Å². The second kappa shape index (κ2) is 7.36. The van der Waals surface area contributed by atoms with Crippen LogP contribution in [0.15, 0.2) is 30.3 Å². The van der Waals surface area contributed by atoms with E-state index in [1.807, 2.05) is 25.1 Å². The number of phenolic OH excluding ortho intramolecular Hbond substituents is 1. The Morgan fingerprint density at radius 1 is 1.41 bits per heavy atom. The van der Waals surface area contributed by atoms with Gasteiger partial charge in [0.15, 0.2) is 0 Å². The van der Waals surface area contributed by atoms with Crippen LogP contribution in [0.2, 0.25) is 0 Å². The fourth-order valence-corrected chi connectivity index (χ4v) is 2.07. The Morgan fingerprint density at radius 3 is 2.53 bits per heavy atom. The smallest absolute Gasteiger partial charge is 0.116 e. The van der Waals surface area contributed by atoms with Crippen LogP contribution >= 0.6 is 12.4 Å². The van der Waals surface area contributed by atoms with Gasteiger partial charge >= 0.3 is 0 Å². The predicted molar refractivity (Wildman–Crippen MR) is 76.7 cm³/mol. The molecule has 1 atom stereocenters. The van der Waals surface area contributed by atoms with Gasteiger partial charge in [-0.05, 0) is 50.2 Å². The van der Waals surface area contributed by atoms with Gasteiger partial charge in [0.05, 0.1) is 0 Å². The van der Waals surface area contributed by atoms with E-state index in [-0.39, 0.29) is 12.4 Å². The summed E-state index contributed by atoms with van der Waals surface area (Å²) in [5.74, 6) is 0.788. The molecule has 0 fully saturated rings. The largest absolute Gasteiger partial charge is 0.508 e. The minimum atomic E-state index is 0. The Labute approximate surface area is 110 Å². The Hall–Kier alpha value is -0.990. The molecule has 0 amide bonds. The van der Waals surface area contributed by atoms with Crippen LogP contribution in [-0.4, -0.2) is 30.6 Å². The topological polar surface area (TPSA) is 23.5 Å².